The smallest absolute Gasteiger partial charge is 0.255 e. The second-order valence-corrected chi connectivity index (χ2v) is 4.47. The Morgan fingerprint density at radius 3 is 2.64 bits per heavy atom. The predicted octanol–water partition coefficient (Wildman–Crippen LogP) is 0.139. The minimum absolute atomic E-state index is 0.140. The molecule has 1 aromatic heterocycles. The first-order valence-corrected chi connectivity index (χ1v) is 5.75. The monoisotopic (exact) mass is 215 g/mol. The van der Waals surface area contributed by atoms with Crippen molar-refractivity contribution < 1.29 is 8.42 Å². The van der Waals surface area contributed by atoms with E-state index >= 15 is 0 Å². The molecule has 0 amide bonds. The van der Waals surface area contributed by atoms with Crippen molar-refractivity contribution in [2.24, 2.45) is 10.9 Å². The van der Waals surface area contributed by atoms with E-state index in [1.165, 1.54) is 6.07 Å². The molecule has 14 heavy (non-hydrogen) atoms. The Labute approximate surface area is 83.2 Å². The first kappa shape index (κ1) is 11.1. The molecule has 6 heteroatoms. The lowest BCUT2D eigenvalue weighted by molar-refractivity contribution is 0.590. The Kier molecular flexibility index (Phi) is 3.20. The van der Waals surface area contributed by atoms with Gasteiger partial charge in [-0.2, -0.15) is 0 Å². The third kappa shape index (κ3) is 2.50. The Morgan fingerprint density at radius 1 is 1.50 bits per heavy atom. The molecule has 0 radical (unpaired) electrons. The van der Waals surface area contributed by atoms with Crippen molar-refractivity contribution in [1.82, 2.24) is 4.98 Å². The number of pyridine rings is 1. The minimum atomic E-state index is -3.73. The zero-order valence-electron chi connectivity index (χ0n) is 7.84. The molecule has 1 atom stereocenters. The molecule has 0 fully saturated rings. The van der Waals surface area contributed by atoms with Gasteiger partial charge in [0.15, 0.2) is 5.03 Å². The van der Waals surface area contributed by atoms with Crippen molar-refractivity contribution in [3.05, 3.63) is 23.9 Å². The van der Waals surface area contributed by atoms with Crippen LogP contribution in [0.4, 0.5) is 0 Å². The highest BCUT2D eigenvalue weighted by molar-refractivity contribution is 7.89. The summed E-state index contributed by atoms with van der Waals surface area (Å²) in [5.74, 6) is 0. The number of hydrogen-bond acceptors (Lipinski definition) is 4. The second-order valence-electron chi connectivity index (χ2n) is 2.96. The quantitative estimate of drug-likeness (QED) is 0.749. The number of nitrogens with zero attached hydrogens (tertiary/aromatic N) is 1. The van der Waals surface area contributed by atoms with Crippen LogP contribution in [-0.4, -0.2) is 13.4 Å². The maximum absolute atomic E-state index is 11.0. The van der Waals surface area contributed by atoms with Crippen LogP contribution in [0.3, 0.4) is 0 Å². The summed E-state index contributed by atoms with van der Waals surface area (Å²) in [4.78, 5) is 3.88. The van der Waals surface area contributed by atoms with E-state index in [9.17, 15) is 8.42 Å². The molecule has 0 aliphatic heterocycles. The lowest BCUT2D eigenvalue weighted by Crippen LogP contribution is -2.17. The summed E-state index contributed by atoms with van der Waals surface area (Å²) >= 11 is 0. The van der Waals surface area contributed by atoms with E-state index in [-0.39, 0.29) is 11.1 Å². The van der Waals surface area contributed by atoms with E-state index < -0.39 is 10.0 Å². The lowest BCUT2D eigenvalue weighted by atomic mass is 10.1. The van der Waals surface area contributed by atoms with E-state index in [4.69, 9.17) is 10.9 Å². The van der Waals surface area contributed by atoms with E-state index in [1.807, 2.05) is 6.92 Å². The molecule has 5 nitrogen and oxygen atoms in total. The van der Waals surface area contributed by atoms with Gasteiger partial charge in [-0.3, -0.25) is 0 Å². The van der Waals surface area contributed by atoms with Crippen molar-refractivity contribution in [1.29, 1.82) is 0 Å². The highest BCUT2D eigenvalue weighted by Crippen LogP contribution is 2.12. The van der Waals surface area contributed by atoms with Crippen LogP contribution in [0.2, 0.25) is 0 Å². The van der Waals surface area contributed by atoms with Crippen molar-refractivity contribution in [2.45, 2.75) is 24.4 Å². The number of hydrogen-bond donors (Lipinski definition) is 2. The SMILES string of the molecule is CC[C@H](N)c1cccc(S(N)(=O)=O)n1. The predicted molar refractivity (Wildman–Crippen MR) is 52.8 cm³/mol. The van der Waals surface area contributed by atoms with Crippen molar-refractivity contribution in [3.63, 3.8) is 0 Å². The molecule has 4 N–H and O–H groups in total. The minimum Gasteiger partial charge on any atom is -0.323 e. The van der Waals surface area contributed by atoms with Crippen LogP contribution in [0.15, 0.2) is 23.2 Å². The fourth-order valence-electron chi connectivity index (χ4n) is 1.00. The summed E-state index contributed by atoms with van der Waals surface area (Å²) < 4.78 is 21.9. The summed E-state index contributed by atoms with van der Waals surface area (Å²) in [6.07, 6.45) is 0.696. The van der Waals surface area contributed by atoms with Gasteiger partial charge >= 0.3 is 0 Å². The summed E-state index contributed by atoms with van der Waals surface area (Å²) in [5.41, 5.74) is 6.25. The topological polar surface area (TPSA) is 99.1 Å². The Morgan fingerprint density at radius 2 is 2.14 bits per heavy atom. The van der Waals surface area contributed by atoms with E-state index in [1.54, 1.807) is 12.1 Å². The molecule has 1 aromatic rings. The van der Waals surface area contributed by atoms with Gasteiger partial charge in [-0.1, -0.05) is 13.0 Å². The van der Waals surface area contributed by atoms with Crippen molar-refractivity contribution >= 4 is 10.0 Å². The third-order valence-corrected chi connectivity index (χ3v) is 2.67. The van der Waals surface area contributed by atoms with Gasteiger partial charge in [0.05, 0.1) is 5.69 Å². The van der Waals surface area contributed by atoms with Crippen LogP contribution >= 0.6 is 0 Å². The zero-order chi connectivity index (χ0) is 10.8. The molecule has 1 rings (SSSR count). The number of nitrogens with two attached hydrogens (primary N) is 2. The molecule has 0 unspecified atom stereocenters. The highest BCUT2D eigenvalue weighted by Gasteiger charge is 2.12. The van der Waals surface area contributed by atoms with Crippen LogP contribution < -0.4 is 10.9 Å². The third-order valence-electron chi connectivity index (χ3n) is 1.86. The lowest BCUT2D eigenvalue weighted by Gasteiger charge is -2.08. The van der Waals surface area contributed by atoms with Gasteiger partial charge in [-0.25, -0.2) is 18.5 Å². The average Bonchev–Trinajstić information content (AvgIpc) is 2.15. The largest absolute Gasteiger partial charge is 0.323 e. The summed E-state index contributed by atoms with van der Waals surface area (Å²) in [5, 5.41) is 4.80. The molecular formula is C8H13N3O2S. The fourth-order valence-corrected chi connectivity index (χ4v) is 1.51. The Balaban J connectivity index is 3.14. The van der Waals surface area contributed by atoms with Crippen molar-refractivity contribution in [3.8, 4) is 0 Å². The average molecular weight is 215 g/mol. The zero-order valence-corrected chi connectivity index (χ0v) is 8.66. The standard InChI is InChI=1S/C8H13N3O2S/c1-2-6(9)7-4-3-5-8(11-7)14(10,12)13/h3-6H,2,9H2,1H3,(H2,10,12,13)/t6-/m0/s1. The van der Waals surface area contributed by atoms with Gasteiger partial charge in [-0.15, -0.1) is 0 Å². The first-order valence-electron chi connectivity index (χ1n) is 4.20. The van der Waals surface area contributed by atoms with Gasteiger partial charge in [0.2, 0.25) is 0 Å². The van der Waals surface area contributed by atoms with Gasteiger partial charge in [-0.05, 0) is 18.6 Å². The molecule has 0 spiro atoms. The molecule has 0 aliphatic carbocycles. The second kappa shape index (κ2) is 4.04. The van der Waals surface area contributed by atoms with Crippen LogP contribution in [0.1, 0.15) is 25.1 Å². The summed E-state index contributed by atoms with van der Waals surface area (Å²) in [6.45, 7) is 1.90. The van der Waals surface area contributed by atoms with Crippen LogP contribution in [0, 0.1) is 0 Å². The van der Waals surface area contributed by atoms with Crippen LogP contribution in [-0.2, 0) is 10.0 Å². The van der Waals surface area contributed by atoms with E-state index in [0.717, 1.165) is 0 Å². The molecule has 78 valence electrons. The van der Waals surface area contributed by atoms with Crippen LogP contribution in [0.25, 0.3) is 0 Å². The van der Waals surface area contributed by atoms with Crippen molar-refractivity contribution in [2.75, 3.05) is 0 Å². The fraction of sp³-hybridized carbons (Fsp3) is 0.375. The maximum Gasteiger partial charge on any atom is 0.255 e. The normalized spacial score (nSPS) is 13.9. The highest BCUT2D eigenvalue weighted by atomic mass is 32.2. The Hall–Kier alpha value is -0.980. The number of rotatable bonds is 3. The molecule has 0 saturated heterocycles. The number of sulfonamides is 1. The van der Waals surface area contributed by atoms with Gasteiger partial charge in [0, 0.05) is 6.04 Å². The van der Waals surface area contributed by atoms with E-state index in [2.05, 4.69) is 4.98 Å². The first-order chi connectivity index (χ1) is 6.45. The van der Waals surface area contributed by atoms with Crippen LogP contribution in [0.5, 0.6) is 0 Å². The molecular weight excluding hydrogens is 202 g/mol. The molecule has 0 aromatic carbocycles. The number of primary sulfonamides is 1. The number of aromatic nitrogens is 1. The van der Waals surface area contributed by atoms with Gasteiger partial charge in [0.1, 0.15) is 0 Å². The molecule has 1 heterocycles. The summed E-state index contributed by atoms with van der Waals surface area (Å²) in [6, 6.07) is 4.36. The maximum atomic E-state index is 11.0. The van der Waals surface area contributed by atoms with Gasteiger partial charge < -0.3 is 5.73 Å². The molecule has 0 saturated carbocycles. The molecule has 0 bridgehead atoms. The van der Waals surface area contributed by atoms with Gasteiger partial charge in [0.25, 0.3) is 10.0 Å². The Bertz CT molecular complexity index is 416. The molecule has 0 aliphatic rings. The summed E-state index contributed by atoms with van der Waals surface area (Å²) in [7, 11) is -3.73. The van der Waals surface area contributed by atoms with E-state index in [0.29, 0.717) is 12.1 Å².